The predicted octanol–water partition coefficient (Wildman–Crippen LogP) is 4.23. The van der Waals surface area contributed by atoms with Gasteiger partial charge in [-0.3, -0.25) is 4.90 Å². The van der Waals surface area contributed by atoms with E-state index in [9.17, 15) is 4.39 Å². The molecule has 2 nitrogen and oxygen atoms in total. The molecule has 1 heterocycles. The normalized spacial score (nSPS) is 18.9. The van der Waals surface area contributed by atoms with Crippen LogP contribution in [-0.4, -0.2) is 31.1 Å². The molecule has 0 amide bonds. The maximum absolute atomic E-state index is 14.3. The molecule has 1 aliphatic heterocycles. The lowest BCUT2D eigenvalue weighted by atomic mass is 9.89. The molecule has 0 bridgehead atoms. The second-order valence-corrected chi connectivity index (χ2v) is 6.91. The number of nitrogens with one attached hydrogen (secondary N) is 1. The Morgan fingerprint density at radius 2 is 2.00 bits per heavy atom. The Morgan fingerprint density at radius 3 is 2.62 bits per heavy atom. The van der Waals surface area contributed by atoms with Crippen LogP contribution >= 0.6 is 35.0 Å². The van der Waals surface area contributed by atoms with Gasteiger partial charge in [-0.05, 0) is 53.1 Å². The van der Waals surface area contributed by atoms with E-state index in [0.29, 0.717) is 5.92 Å². The van der Waals surface area contributed by atoms with Crippen LogP contribution in [0.2, 0.25) is 0 Å². The van der Waals surface area contributed by atoms with E-state index in [1.54, 1.807) is 6.07 Å². The van der Waals surface area contributed by atoms with E-state index in [1.165, 1.54) is 0 Å². The Morgan fingerprint density at radius 1 is 1.33 bits per heavy atom. The summed E-state index contributed by atoms with van der Waals surface area (Å²) < 4.78 is 15.4. The van der Waals surface area contributed by atoms with Crippen LogP contribution in [0.4, 0.5) is 4.39 Å². The number of halogens is 3. The van der Waals surface area contributed by atoms with E-state index in [4.69, 9.17) is 0 Å². The van der Waals surface area contributed by atoms with Crippen molar-refractivity contribution in [1.82, 2.24) is 10.2 Å². The molecule has 5 heteroatoms. The van der Waals surface area contributed by atoms with E-state index < -0.39 is 0 Å². The van der Waals surface area contributed by atoms with Gasteiger partial charge >= 0.3 is 0 Å². The monoisotopic (exact) mass is 426 g/mol. The zero-order valence-corrected chi connectivity index (χ0v) is 15.7. The molecule has 1 unspecified atom stereocenters. The number of rotatable bonds is 5. The topological polar surface area (TPSA) is 15.3 Å². The molecule has 1 aliphatic rings. The van der Waals surface area contributed by atoms with Crippen LogP contribution in [0.5, 0.6) is 0 Å². The van der Waals surface area contributed by atoms with Gasteiger partial charge in [-0.25, -0.2) is 4.39 Å². The number of hydrogen-bond donors (Lipinski definition) is 1. The molecular weight excluding hydrogens is 402 g/mol. The minimum absolute atomic E-state index is 0. The van der Waals surface area contributed by atoms with Gasteiger partial charge in [0.2, 0.25) is 0 Å². The lowest BCUT2D eigenvalue weighted by Crippen LogP contribution is -2.46. The van der Waals surface area contributed by atoms with E-state index in [-0.39, 0.29) is 24.3 Å². The van der Waals surface area contributed by atoms with Crippen LogP contribution < -0.4 is 5.32 Å². The molecule has 1 aromatic rings. The third-order valence-corrected chi connectivity index (χ3v) is 4.78. The lowest BCUT2D eigenvalue weighted by molar-refractivity contribution is 0.123. The van der Waals surface area contributed by atoms with Crippen LogP contribution in [0, 0.1) is 15.3 Å². The summed E-state index contributed by atoms with van der Waals surface area (Å²) in [5.74, 6) is 0.419. The Hall–Kier alpha value is 0.0900. The smallest absolute Gasteiger partial charge is 0.128 e. The minimum Gasteiger partial charge on any atom is -0.314 e. The van der Waals surface area contributed by atoms with Crippen molar-refractivity contribution >= 4 is 35.0 Å². The Labute approximate surface area is 147 Å². The summed E-state index contributed by atoms with van der Waals surface area (Å²) in [5.41, 5.74) is 0.875. The fourth-order valence-corrected chi connectivity index (χ4v) is 3.69. The number of piperazine rings is 1. The van der Waals surface area contributed by atoms with Gasteiger partial charge in [0.1, 0.15) is 5.82 Å². The van der Waals surface area contributed by atoms with Crippen molar-refractivity contribution in [2.45, 2.75) is 32.7 Å². The lowest BCUT2D eigenvalue weighted by Gasteiger charge is -2.39. The summed E-state index contributed by atoms with van der Waals surface area (Å²) in [7, 11) is 0. The first kappa shape index (κ1) is 19.1. The van der Waals surface area contributed by atoms with Crippen LogP contribution in [0.25, 0.3) is 0 Å². The molecule has 21 heavy (non-hydrogen) atoms. The Balaban J connectivity index is 0.00000220. The van der Waals surface area contributed by atoms with Crippen molar-refractivity contribution in [3.05, 3.63) is 33.1 Å². The van der Waals surface area contributed by atoms with Crippen molar-refractivity contribution in [2.24, 2.45) is 5.92 Å². The van der Waals surface area contributed by atoms with E-state index in [1.807, 2.05) is 12.1 Å². The summed E-state index contributed by atoms with van der Waals surface area (Å²) in [4.78, 5) is 2.45. The Kier molecular flexibility index (Phi) is 8.46. The summed E-state index contributed by atoms with van der Waals surface area (Å²) >= 11 is 2.27. The molecular formula is C16H25ClFIN2. The minimum atomic E-state index is -0.0584. The highest BCUT2D eigenvalue weighted by Crippen LogP contribution is 2.34. The standard InChI is InChI=1S/C16H24FIN2.ClH/c1-3-4-12(2)16(20-9-7-19-8-10-20)14-11-13(18)5-6-15(14)17;/h5-6,11-12,16,19H,3-4,7-10H2,1-2H3;1H/t12?,16-;/m0./s1. The van der Waals surface area contributed by atoms with Gasteiger partial charge in [-0.2, -0.15) is 0 Å². The summed E-state index contributed by atoms with van der Waals surface area (Å²) in [6, 6.07) is 5.69. The third-order valence-electron chi connectivity index (χ3n) is 4.10. The van der Waals surface area contributed by atoms with Gasteiger partial charge in [0.15, 0.2) is 0 Å². The molecule has 1 fully saturated rings. The number of nitrogens with zero attached hydrogens (tertiary/aromatic N) is 1. The predicted molar refractivity (Wildman–Crippen MR) is 97.6 cm³/mol. The molecule has 1 saturated heterocycles. The molecule has 1 N–H and O–H groups in total. The first-order chi connectivity index (χ1) is 9.63. The molecule has 0 aliphatic carbocycles. The highest BCUT2D eigenvalue weighted by Gasteiger charge is 2.29. The maximum atomic E-state index is 14.3. The molecule has 0 saturated carbocycles. The SMILES string of the molecule is CCCC(C)[C@@H](c1cc(I)ccc1F)N1CCNCC1.Cl. The largest absolute Gasteiger partial charge is 0.314 e. The summed E-state index contributed by atoms with van der Waals surface area (Å²) in [6.07, 6.45) is 2.29. The van der Waals surface area contributed by atoms with Gasteiger partial charge in [-0.15, -0.1) is 12.4 Å². The second kappa shape index (κ2) is 9.28. The van der Waals surface area contributed by atoms with Crippen LogP contribution in [-0.2, 0) is 0 Å². The Bertz CT molecular complexity index is 438. The molecule has 0 spiro atoms. The fraction of sp³-hybridized carbons (Fsp3) is 0.625. The first-order valence-corrected chi connectivity index (χ1v) is 8.61. The van der Waals surface area contributed by atoms with Crippen LogP contribution in [0.3, 0.4) is 0 Å². The molecule has 0 aromatic heterocycles. The van der Waals surface area contributed by atoms with E-state index >= 15 is 0 Å². The van der Waals surface area contributed by atoms with Crippen molar-refractivity contribution in [3.8, 4) is 0 Å². The second-order valence-electron chi connectivity index (χ2n) is 5.66. The zero-order valence-electron chi connectivity index (χ0n) is 12.7. The molecule has 2 rings (SSSR count). The average molecular weight is 427 g/mol. The quantitative estimate of drug-likeness (QED) is 0.709. The number of benzene rings is 1. The third kappa shape index (κ3) is 5.05. The van der Waals surface area contributed by atoms with Gasteiger partial charge in [-0.1, -0.05) is 20.3 Å². The maximum Gasteiger partial charge on any atom is 0.128 e. The first-order valence-electron chi connectivity index (χ1n) is 7.53. The van der Waals surface area contributed by atoms with Gasteiger partial charge < -0.3 is 5.32 Å². The summed E-state index contributed by atoms with van der Waals surface area (Å²) in [5, 5.41) is 3.38. The van der Waals surface area contributed by atoms with Crippen molar-refractivity contribution < 1.29 is 4.39 Å². The van der Waals surface area contributed by atoms with Crippen molar-refractivity contribution in [3.63, 3.8) is 0 Å². The molecule has 1 aromatic carbocycles. The average Bonchev–Trinajstić information content (AvgIpc) is 2.44. The molecule has 120 valence electrons. The number of hydrogen-bond acceptors (Lipinski definition) is 2. The highest BCUT2D eigenvalue weighted by atomic mass is 127. The summed E-state index contributed by atoms with van der Waals surface area (Å²) in [6.45, 7) is 8.47. The van der Waals surface area contributed by atoms with E-state index in [0.717, 1.165) is 48.2 Å². The van der Waals surface area contributed by atoms with E-state index in [2.05, 4.69) is 46.7 Å². The molecule has 2 atom stereocenters. The van der Waals surface area contributed by atoms with Gasteiger partial charge in [0, 0.05) is 41.4 Å². The fourth-order valence-electron chi connectivity index (χ4n) is 3.18. The van der Waals surface area contributed by atoms with Gasteiger partial charge in [0.25, 0.3) is 0 Å². The molecule has 0 radical (unpaired) electrons. The van der Waals surface area contributed by atoms with Crippen molar-refractivity contribution in [1.29, 1.82) is 0 Å². The highest BCUT2D eigenvalue weighted by molar-refractivity contribution is 14.1. The van der Waals surface area contributed by atoms with Gasteiger partial charge in [0.05, 0.1) is 0 Å². The zero-order chi connectivity index (χ0) is 14.5. The van der Waals surface area contributed by atoms with Crippen LogP contribution in [0.15, 0.2) is 18.2 Å². The van der Waals surface area contributed by atoms with Crippen LogP contribution in [0.1, 0.15) is 38.3 Å². The van der Waals surface area contributed by atoms with Crippen molar-refractivity contribution in [2.75, 3.05) is 26.2 Å².